The topological polar surface area (TPSA) is 36.9 Å². The van der Waals surface area contributed by atoms with E-state index in [1.165, 1.54) is 0 Å². The summed E-state index contributed by atoms with van der Waals surface area (Å²) in [5.41, 5.74) is 0. The van der Waals surface area contributed by atoms with Gasteiger partial charge >= 0.3 is 0 Å². The molecule has 0 N–H and O–H groups in total. The molecule has 0 bridgehead atoms. The van der Waals surface area contributed by atoms with Crippen molar-refractivity contribution in [1.82, 2.24) is 0 Å². The van der Waals surface area contributed by atoms with E-state index in [9.17, 15) is 0 Å². The number of rotatable bonds is 3. The van der Waals surface area contributed by atoms with Crippen LogP contribution in [0, 0.1) is 0 Å². The predicted octanol–water partition coefficient (Wildman–Crippen LogP) is 0.593. The van der Waals surface area contributed by atoms with Gasteiger partial charge in [-0.05, 0) is 13.8 Å². The largest absolute Gasteiger partial charge is 0.376 e. The van der Waals surface area contributed by atoms with Crippen molar-refractivity contribution in [2.45, 2.75) is 44.4 Å². The van der Waals surface area contributed by atoms with Crippen LogP contribution >= 0.6 is 0 Å². The smallest absolute Gasteiger partial charge is 0.115 e. The molecule has 2 fully saturated rings. The van der Waals surface area contributed by atoms with Gasteiger partial charge in [-0.15, -0.1) is 0 Å². The molecule has 2 aliphatic rings. The van der Waals surface area contributed by atoms with E-state index in [0.717, 1.165) is 0 Å². The molecule has 0 saturated carbocycles. The van der Waals surface area contributed by atoms with Crippen molar-refractivity contribution in [2.24, 2.45) is 0 Å². The summed E-state index contributed by atoms with van der Waals surface area (Å²) in [5, 5.41) is 0. The van der Waals surface area contributed by atoms with Crippen molar-refractivity contribution >= 4 is 0 Å². The minimum absolute atomic E-state index is 0.0577. The first-order chi connectivity index (χ1) is 6.72. The fraction of sp³-hybridized carbons (Fsp3) is 1.00. The fourth-order valence-electron chi connectivity index (χ4n) is 2.10. The zero-order valence-electron chi connectivity index (χ0n) is 8.93. The minimum atomic E-state index is 0.0577. The third kappa shape index (κ3) is 1.80. The zero-order valence-corrected chi connectivity index (χ0v) is 8.93. The van der Waals surface area contributed by atoms with Gasteiger partial charge in [-0.2, -0.15) is 0 Å². The molecule has 2 aliphatic heterocycles. The molecule has 0 spiro atoms. The third-order valence-corrected chi connectivity index (χ3v) is 2.71. The van der Waals surface area contributed by atoms with Crippen molar-refractivity contribution in [3.63, 3.8) is 0 Å². The highest BCUT2D eigenvalue weighted by Gasteiger charge is 2.48. The van der Waals surface area contributed by atoms with E-state index in [-0.39, 0.29) is 30.5 Å². The van der Waals surface area contributed by atoms with Crippen LogP contribution in [0.3, 0.4) is 0 Å². The van der Waals surface area contributed by atoms with Crippen molar-refractivity contribution in [3.05, 3.63) is 0 Å². The van der Waals surface area contributed by atoms with Crippen molar-refractivity contribution in [2.75, 3.05) is 20.3 Å². The number of methoxy groups -OCH3 is 1. The highest BCUT2D eigenvalue weighted by Crippen LogP contribution is 2.30. The molecule has 0 aromatic rings. The summed E-state index contributed by atoms with van der Waals surface area (Å²) in [5.74, 6) is 0. The number of hydrogen-bond donors (Lipinski definition) is 0. The Morgan fingerprint density at radius 2 is 1.64 bits per heavy atom. The number of ether oxygens (including phenoxy) is 4. The Labute approximate surface area is 84.5 Å². The van der Waals surface area contributed by atoms with Crippen molar-refractivity contribution in [3.8, 4) is 0 Å². The molecule has 2 rings (SSSR count). The maximum absolute atomic E-state index is 5.71. The molecular weight excluding hydrogens is 184 g/mol. The molecule has 0 aliphatic carbocycles. The third-order valence-electron chi connectivity index (χ3n) is 2.71. The Hall–Kier alpha value is -0.160. The SMILES string of the molecule is CO[C@@H]1COC2C1OC[C@H]2OC(C)C. The van der Waals surface area contributed by atoms with Crippen LogP contribution in [0.1, 0.15) is 13.8 Å². The summed E-state index contributed by atoms with van der Waals surface area (Å²) >= 11 is 0. The number of fused-ring (bicyclic) bond motifs is 1. The minimum Gasteiger partial charge on any atom is -0.376 e. The highest BCUT2D eigenvalue weighted by molar-refractivity contribution is 4.95. The summed E-state index contributed by atoms with van der Waals surface area (Å²) in [7, 11) is 1.69. The van der Waals surface area contributed by atoms with Gasteiger partial charge in [0.1, 0.15) is 24.4 Å². The van der Waals surface area contributed by atoms with Gasteiger partial charge in [-0.3, -0.25) is 0 Å². The van der Waals surface area contributed by atoms with Gasteiger partial charge in [-0.1, -0.05) is 0 Å². The normalized spacial score (nSPS) is 42.0. The van der Waals surface area contributed by atoms with Crippen LogP contribution in [0.4, 0.5) is 0 Å². The van der Waals surface area contributed by atoms with Crippen molar-refractivity contribution in [1.29, 1.82) is 0 Å². The lowest BCUT2D eigenvalue weighted by molar-refractivity contribution is -0.0629. The highest BCUT2D eigenvalue weighted by atomic mass is 16.6. The molecule has 0 amide bonds. The first kappa shape index (κ1) is 10.4. The lowest BCUT2D eigenvalue weighted by Gasteiger charge is -2.18. The molecule has 2 heterocycles. The average Bonchev–Trinajstić information content (AvgIpc) is 2.67. The zero-order chi connectivity index (χ0) is 10.1. The van der Waals surface area contributed by atoms with E-state index in [4.69, 9.17) is 18.9 Å². The monoisotopic (exact) mass is 202 g/mol. The molecule has 0 aromatic heterocycles. The quantitative estimate of drug-likeness (QED) is 0.671. The summed E-state index contributed by atoms with van der Waals surface area (Å²) in [6.07, 6.45) is 0.472. The summed E-state index contributed by atoms with van der Waals surface area (Å²) in [6.45, 7) is 5.28. The van der Waals surface area contributed by atoms with E-state index in [0.29, 0.717) is 13.2 Å². The Bertz CT molecular complexity index is 195. The van der Waals surface area contributed by atoms with E-state index in [1.54, 1.807) is 7.11 Å². The molecule has 4 heteroatoms. The maximum Gasteiger partial charge on any atom is 0.115 e. The molecule has 0 radical (unpaired) electrons. The Balaban J connectivity index is 1.94. The summed E-state index contributed by atoms with van der Waals surface area (Å²) in [6, 6.07) is 0. The Morgan fingerprint density at radius 3 is 2.21 bits per heavy atom. The van der Waals surface area contributed by atoms with Crippen LogP contribution < -0.4 is 0 Å². The van der Waals surface area contributed by atoms with Crippen LogP contribution in [-0.2, 0) is 18.9 Å². The molecule has 2 unspecified atom stereocenters. The van der Waals surface area contributed by atoms with Gasteiger partial charge in [-0.25, -0.2) is 0 Å². The second kappa shape index (κ2) is 4.14. The lowest BCUT2D eigenvalue weighted by atomic mass is 10.1. The van der Waals surface area contributed by atoms with E-state index in [2.05, 4.69) is 0 Å². The van der Waals surface area contributed by atoms with Gasteiger partial charge < -0.3 is 18.9 Å². The van der Waals surface area contributed by atoms with Gasteiger partial charge in [0, 0.05) is 7.11 Å². The van der Waals surface area contributed by atoms with Crippen LogP contribution in [0.2, 0.25) is 0 Å². The molecular formula is C10H18O4. The van der Waals surface area contributed by atoms with Crippen LogP contribution in [0.15, 0.2) is 0 Å². The molecule has 4 atom stereocenters. The summed E-state index contributed by atoms with van der Waals surface area (Å²) in [4.78, 5) is 0. The van der Waals surface area contributed by atoms with Gasteiger partial charge in [0.2, 0.25) is 0 Å². The Kier molecular flexibility index (Phi) is 3.07. The Morgan fingerprint density at radius 1 is 1.07 bits per heavy atom. The predicted molar refractivity (Wildman–Crippen MR) is 50.3 cm³/mol. The molecule has 4 nitrogen and oxygen atoms in total. The van der Waals surface area contributed by atoms with Crippen LogP contribution in [0.25, 0.3) is 0 Å². The number of hydrogen-bond acceptors (Lipinski definition) is 4. The second-order valence-corrected chi connectivity index (χ2v) is 4.09. The van der Waals surface area contributed by atoms with Crippen LogP contribution in [0.5, 0.6) is 0 Å². The summed E-state index contributed by atoms with van der Waals surface area (Å²) < 4.78 is 22.2. The maximum atomic E-state index is 5.71. The van der Waals surface area contributed by atoms with Gasteiger partial charge in [0.05, 0.1) is 19.3 Å². The fourth-order valence-corrected chi connectivity index (χ4v) is 2.10. The molecule has 14 heavy (non-hydrogen) atoms. The van der Waals surface area contributed by atoms with Gasteiger partial charge in [0.15, 0.2) is 0 Å². The van der Waals surface area contributed by atoms with Crippen LogP contribution in [-0.4, -0.2) is 50.8 Å². The first-order valence-corrected chi connectivity index (χ1v) is 5.14. The standard InChI is InChI=1S/C10H18O4/c1-6(2)14-8-5-13-9-7(11-3)4-12-10(8)9/h6-10H,4-5H2,1-3H3/t7-,8-,9?,10?/m1/s1. The van der Waals surface area contributed by atoms with Crippen molar-refractivity contribution < 1.29 is 18.9 Å². The van der Waals surface area contributed by atoms with Gasteiger partial charge in [0.25, 0.3) is 0 Å². The first-order valence-electron chi connectivity index (χ1n) is 5.14. The molecule has 0 aromatic carbocycles. The molecule has 82 valence electrons. The van der Waals surface area contributed by atoms with E-state index >= 15 is 0 Å². The molecule has 2 saturated heterocycles. The van der Waals surface area contributed by atoms with E-state index < -0.39 is 0 Å². The lowest BCUT2D eigenvalue weighted by Crippen LogP contribution is -2.34. The second-order valence-electron chi connectivity index (χ2n) is 4.09. The average molecular weight is 202 g/mol. The van der Waals surface area contributed by atoms with E-state index in [1.807, 2.05) is 13.8 Å².